The van der Waals surface area contributed by atoms with E-state index in [1.54, 1.807) is 12.1 Å². The van der Waals surface area contributed by atoms with Gasteiger partial charge in [0.15, 0.2) is 47.4 Å². The van der Waals surface area contributed by atoms with E-state index < -0.39 is 35.9 Å². The number of ketones is 1. The van der Waals surface area contributed by atoms with E-state index in [1.807, 2.05) is 0 Å². The lowest BCUT2D eigenvalue weighted by atomic mass is 9.92. The van der Waals surface area contributed by atoms with Gasteiger partial charge in [-0.2, -0.15) is 0 Å². The number of aromatic hydroxyl groups is 3. The fourth-order valence-electron chi connectivity index (χ4n) is 4.49. The summed E-state index contributed by atoms with van der Waals surface area (Å²) in [6.45, 7) is -0.389. The molecule has 2 aliphatic heterocycles. The van der Waals surface area contributed by atoms with E-state index >= 15 is 0 Å². The molecule has 5 N–H and O–H groups in total. The lowest BCUT2D eigenvalue weighted by molar-refractivity contribution is -0.0131. The highest BCUT2D eigenvalue weighted by molar-refractivity contribution is 6.05. The molecule has 0 aliphatic carbocycles. The van der Waals surface area contributed by atoms with E-state index in [1.165, 1.54) is 38.5 Å². The van der Waals surface area contributed by atoms with Gasteiger partial charge in [0.1, 0.15) is 22.8 Å². The van der Waals surface area contributed by atoms with Crippen LogP contribution in [0.3, 0.4) is 0 Å². The van der Waals surface area contributed by atoms with E-state index in [9.17, 15) is 30.3 Å². The third-order valence-electron chi connectivity index (χ3n) is 6.30. The van der Waals surface area contributed by atoms with E-state index in [4.69, 9.17) is 23.7 Å². The molecule has 0 radical (unpaired) electrons. The smallest absolute Gasteiger partial charge is 0.202 e. The number of Topliss-reactive ketones (excluding diaryl/α,β-unsaturated/α-hetero) is 1. The Morgan fingerprint density at radius 1 is 0.811 bits per heavy atom. The van der Waals surface area contributed by atoms with Crippen LogP contribution in [-0.2, 0) is 0 Å². The number of aliphatic hydroxyl groups excluding tert-OH is 2. The van der Waals surface area contributed by atoms with E-state index in [0.29, 0.717) is 16.9 Å². The van der Waals surface area contributed by atoms with Crippen molar-refractivity contribution < 1.29 is 54.0 Å². The van der Waals surface area contributed by atoms with Crippen molar-refractivity contribution in [1.82, 2.24) is 0 Å². The summed E-state index contributed by atoms with van der Waals surface area (Å²) in [4.78, 5) is 12.8. The van der Waals surface area contributed by atoms with Crippen LogP contribution < -0.4 is 23.7 Å². The molecule has 0 fully saturated rings. The minimum atomic E-state index is -1.64. The van der Waals surface area contributed by atoms with Crippen molar-refractivity contribution in [1.29, 1.82) is 0 Å². The first-order valence-corrected chi connectivity index (χ1v) is 11.2. The number of phenolic OH excluding ortho intramolecular Hbond substituents is 3. The van der Waals surface area contributed by atoms with E-state index in [0.717, 1.165) is 6.07 Å². The molecule has 3 aromatic carbocycles. The highest BCUT2D eigenvalue weighted by Gasteiger charge is 2.40. The SMILES string of the molecule is COc1cc(C2Oc3cc([C@H]4Oc5cc(O)cc(O)c5C(=O)[C@@H]4O)ccc3OC2CO)cc(OC)c1O. The first-order valence-electron chi connectivity index (χ1n) is 11.2. The van der Waals surface area contributed by atoms with Gasteiger partial charge in [-0.25, -0.2) is 0 Å². The quantitative estimate of drug-likeness (QED) is 0.341. The van der Waals surface area contributed by atoms with Gasteiger partial charge in [0.2, 0.25) is 11.5 Å². The van der Waals surface area contributed by atoms with Crippen LogP contribution in [0.25, 0.3) is 0 Å². The summed E-state index contributed by atoms with van der Waals surface area (Å²) in [5, 5.41) is 50.8. The van der Waals surface area contributed by atoms with Gasteiger partial charge in [-0.15, -0.1) is 0 Å². The van der Waals surface area contributed by atoms with Crippen molar-refractivity contribution in [2.45, 2.75) is 24.4 Å². The summed E-state index contributed by atoms with van der Waals surface area (Å²) >= 11 is 0. The molecule has 37 heavy (non-hydrogen) atoms. The number of benzene rings is 3. The highest BCUT2D eigenvalue weighted by atomic mass is 16.6. The van der Waals surface area contributed by atoms with E-state index in [-0.39, 0.29) is 46.7 Å². The molecule has 0 saturated carbocycles. The average Bonchev–Trinajstić information content (AvgIpc) is 2.89. The van der Waals surface area contributed by atoms with Crippen LogP contribution in [0, 0.1) is 0 Å². The number of carbonyl (C=O) groups excluding carboxylic acids is 1. The normalized spacial score (nSPS) is 22.1. The van der Waals surface area contributed by atoms with Crippen molar-refractivity contribution in [3.8, 4) is 46.0 Å². The lowest BCUT2D eigenvalue weighted by Gasteiger charge is -2.35. The summed E-state index contributed by atoms with van der Waals surface area (Å²) in [5.74, 6) is -1.02. The Bertz CT molecular complexity index is 1340. The largest absolute Gasteiger partial charge is 0.508 e. The maximum atomic E-state index is 12.8. The van der Waals surface area contributed by atoms with Crippen molar-refractivity contribution in [3.63, 3.8) is 0 Å². The number of methoxy groups -OCH3 is 2. The van der Waals surface area contributed by atoms with Gasteiger partial charge in [-0.05, 0) is 29.8 Å². The molecule has 194 valence electrons. The first kappa shape index (κ1) is 24.3. The fraction of sp³-hybridized carbons (Fsp3) is 0.269. The number of carbonyl (C=O) groups is 1. The number of fused-ring (bicyclic) bond motifs is 2. The van der Waals surface area contributed by atoms with Crippen molar-refractivity contribution in [3.05, 3.63) is 59.2 Å². The topological polar surface area (TPSA) is 164 Å². The maximum absolute atomic E-state index is 12.8. The molecule has 11 nitrogen and oxygen atoms in total. The number of hydrogen-bond acceptors (Lipinski definition) is 11. The molecular formula is C26H24O11. The molecule has 0 amide bonds. The van der Waals surface area contributed by atoms with Crippen LogP contribution in [-0.4, -0.2) is 64.4 Å². The second-order valence-electron chi connectivity index (χ2n) is 8.54. The third-order valence-corrected chi connectivity index (χ3v) is 6.30. The molecule has 2 heterocycles. The predicted molar refractivity (Wildman–Crippen MR) is 126 cm³/mol. The molecular weight excluding hydrogens is 488 g/mol. The van der Waals surface area contributed by atoms with Crippen LogP contribution in [0.15, 0.2) is 42.5 Å². The molecule has 4 atom stereocenters. The van der Waals surface area contributed by atoms with Crippen molar-refractivity contribution >= 4 is 5.78 Å². The molecule has 2 unspecified atom stereocenters. The Hall–Kier alpha value is -4.35. The Labute approximate surface area is 210 Å². The van der Waals surface area contributed by atoms with Crippen molar-refractivity contribution in [2.75, 3.05) is 20.8 Å². The second-order valence-corrected chi connectivity index (χ2v) is 8.54. The van der Waals surface area contributed by atoms with Gasteiger partial charge in [0.05, 0.1) is 20.8 Å². The van der Waals surface area contributed by atoms with Gasteiger partial charge in [0, 0.05) is 17.7 Å². The Morgan fingerprint density at radius 2 is 1.49 bits per heavy atom. The zero-order valence-electron chi connectivity index (χ0n) is 19.7. The molecule has 0 saturated heterocycles. The van der Waals surface area contributed by atoms with Gasteiger partial charge < -0.3 is 49.2 Å². The molecule has 3 aromatic rings. The monoisotopic (exact) mass is 512 g/mol. The van der Waals surface area contributed by atoms with E-state index in [2.05, 4.69) is 0 Å². The summed E-state index contributed by atoms with van der Waals surface area (Å²) in [6, 6.07) is 9.88. The summed E-state index contributed by atoms with van der Waals surface area (Å²) in [6.07, 6.45) is -4.46. The molecule has 5 rings (SSSR count). The molecule has 0 aromatic heterocycles. The first-order chi connectivity index (χ1) is 17.7. The predicted octanol–water partition coefficient (Wildman–Crippen LogP) is 2.37. The van der Waals surface area contributed by atoms with Gasteiger partial charge in [-0.3, -0.25) is 4.79 Å². The number of aliphatic hydroxyl groups is 2. The van der Waals surface area contributed by atoms with Gasteiger partial charge >= 0.3 is 0 Å². The summed E-state index contributed by atoms with van der Waals surface area (Å²) in [7, 11) is 2.77. The average molecular weight is 512 g/mol. The lowest BCUT2D eigenvalue weighted by Crippen LogP contribution is -2.37. The van der Waals surface area contributed by atoms with Crippen LogP contribution in [0.1, 0.15) is 33.7 Å². The Morgan fingerprint density at radius 3 is 2.14 bits per heavy atom. The van der Waals surface area contributed by atoms with Crippen LogP contribution in [0.2, 0.25) is 0 Å². The van der Waals surface area contributed by atoms with Crippen LogP contribution >= 0.6 is 0 Å². The molecule has 0 bridgehead atoms. The Kier molecular flexibility index (Phi) is 6.10. The minimum absolute atomic E-state index is 0.0748. The zero-order chi connectivity index (χ0) is 26.4. The third kappa shape index (κ3) is 4.07. The molecule has 11 heteroatoms. The molecule has 2 aliphatic rings. The van der Waals surface area contributed by atoms with Crippen molar-refractivity contribution in [2.24, 2.45) is 0 Å². The second kappa shape index (κ2) is 9.26. The van der Waals surface area contributed by atoms with Crippen LogP contribution in [0.4, 0.5) is 0 Å². The number of hydrogen-bond donors (Lipinski definition) is 5. The number of phenols is 3. The number of rotatable bonds is 5. The summed E-state index contributed by atoms with van der Waals surface area (Å²) in [5.41, 5.74) is 0.629. The summed E-state index contributed by atoms with van der Waals surface area (Å²) < 4.78 is 28.4. The maximum Gasteiger partial charge on any atom is 0.202 e. The van der Waals surface area contributed by atoms with Crippen LogP contribution in [0.5, 0.6) is 46.0 Å². The number of ether oxygens (including phenoxy) is 5. The fourth-order valence-corrected chi connectivity index (χ4v) is 4.49. The van der Waals surface area contributed by atoms with Gasteiger partial charge in [-0.1, -0.05) is 6.07 Å². The Balaban J connectivity index is 1.51. The standard InChI is InChI=1S/C26H24O11/c1-33-18-6-12(7-19(34-2)22(18)30)25-20(10-27)35-15-4-3-11(5-16(15)36-25)26-24(32)23(31)21-14(29)8-13(28)9-17(21)37-26/h3-9,20,24-30,32H,10H2,1-2H3/t20?,24-,25?,26+/m0/s1. The van der Waals surface area contributed by atoms with Gasteiger partial charge in [0.25, 0.3) is 0 Å². The minimum Gasteiger partial charge on any atom is -0.508 e. The highest BCUT2D eigenvalue weighted by Crippen LogP contribution is 2.47. The molecule has 0 spiro atoms. The zero-order valence-corrected chi connectivity index (χ0v) is 19.7.